The van der Waals surface area contributed by atoms with Crippen LogP contribution in [0.15, 0.2) is 0 Å². The smallest absolute Gasteiger partial charge is 0.323 e. The third kappa shape index (κ3) is 9.10. The van der Waals surface area contributed by atoms with Gasteiger partial charge in [-0.15, -0.1) is 0 Å². The number of hydrogen-bond acceptors (Lipinski definition) is 3. The highest BCUT2D eigenvalue weighted by Crippen LogP contribution is 2.13. The monoisotopic (exact) mass is 300 g/mol. The Labute approximate surface area is 131 Å². The zero-order chi connectivity index (χ0) is 16.5. The summed E-state index contributed by atoms with van der Waals surface area (Å²) in [6, 6.07) is 0. The van der Waals surface area contributed by atoms with Crippen molar-refractivity contribution in [3.8, 4) is 0 Å². The van der Waals surface area contributed by atoms with Gasteiger partial charge < -0.3 is 15.3 Å². The Bertz CT molecular complexity index is 281. The third-order valence-electron chi connectivity index (χ3n) is 4.01. The minimum absolute atomic E-state index is 0.645. The number of carbonyl (C=O) groups is 1. The first-order valence-corrected chi connectivity index (χ1v) is 8.42. The standard InChI is InChI=1S/C17H36N2O2/c1-7-18-17(6,16(20)21)10-13-19(11-8-14(2)3)12-9-15(4)5/h14-15,18H,7-13H2,1-6H3,(H,20,21). The summed E-state index contributed by atoms with van der Waals surface area (Å²) in [6.45, 7) is 16.3. The summed E-state index contributed by atoms with van der Waals surface area (Å²) in [6.07, 6.45) is 2.98. The van der Waals surface area contributed by atoms with Crippen molar-refractivity contribution in [2.45, 2.75) is 66.3 Å². The largest absolute Gasteiger partial charge is 0.480 e. The lowest BCUT2D eigenvalue weighted by Crippen LogP contribution is -2.51. The Morgan fingerprint density at radius 2 is 1.57 bits per heavy atom. The number of aliphatic carboxylic acids is 1. The van der Waals surface area contributed by atoms with Crippen LogP contribution in [-0.2, 0) is 4.79 Å². The molecule has 126 valence electrons. The number of carboxylic acid groups (broad SMARTS) is 1. The van der Waals surface area contributed by atoms with Crippen LogP contribution in [0, 0.1) is 11.8 Å². The number of likely N-dealkylation sites (N-methyl/N-ethyl adjacent to an activating group) is 1. The van der Waals surface area contributed by atoms with E-state index in [1.807, 2.05) is 6.92 Å². The maximum absolute atomic E-state index is 11.5. The Morgan fingerprint density at radius 3 is 1.90 bits per heavy atom. The zero-order valence-electron chi connectivity index (χ0n) is 14.9. The van der Waals surface area contributed by atoms with E-state index < -0.39 is 11.5 Å². The van der Waals surface area contributed by atoms with Gasteiger partial charge in [-0.25, -0.2) is 0 Å². The second-order valence-corrected chi connectivity index (χ2v) is 7.12. The molecule has 0 aromatic rings. The highest BCUT2D eigenvalue weighted by atomic mass is 16.4. The van der Waals surface area contributed by atoms with E-state index in [4.69, 9.17) is 0 Å². The lowest BCUT2D eigenvalue weighted by atomic mass is 9.97. The molecule has 0 heterocycles. The van der Waals surface area contributed by atoms with Crippen LogP contribution >= 0.6 is 0 Å². The molecule has 21 heavy (non-hydrogen) atoms. The van der Waals surface area contributed by atoms with Crippen LogP contribution in [0.4, 0.5) is 0 Å². The minimum atomic E-state index is -0.817. The van der Waals surface area contributed by atoms with Gasteiger partial charge in [-0.1, -0.05) is 34.6 Å². The second-order valence-electron chi connectivity index (χ2n) is 7.12. The number of nitrogens with zero attached hydrogens (tertiary/aromatic N) is 1. The molecule has 0 saturated heterocycles. The van der Waals surface area contributed by atoms with E-state index in [9.17, 15) is 9.90 Å². The fourth-order valence-electron chi connectivity index (χ4n) is 2.26. The van der Waals surface area contributed by atoms with Crippen LogP contribution in [0.5, 0.6) is 0 Å². The molecule has 0 aliphatic heterocycles. The van der Waals surface area contributed by atoms with E-state index in [2.05, 4.69) is 37.9 Å². The predicted octanol–water partition coefficient (Wildman–Crippen LogP) is 3.22. The molecule has 0 fully saturated rings. The van der Waals surface area contributed by atoms with E-state index in [1.54, 1.807) is 6.92 Å². The van der Waals surface area contributed by atoms with Gasteiger partial charge in [-0.05, 0) is 57.7 Å². The molecular formula is C17H36N2O2. The fourth-order valence-corrected chi connectivity index (χ4v) is 2.26. The molecule has 0 aromatic heterocycles. The van der Waals surface area contributed by atoms with E-state index in [0.29, 0.717) is 24.8 Å². The summed E-state index contributed by atoms with van der Waals surface area (Å²) < 4.78 is 0. The van der Waals surface area contributed by atoms with Crippen molar-refractivity contribution in [1.82, 2.24) is 10.2 Å². The van der Waals surface area contributed by atoms with Gasteiger partial charge in [0.05, 0.1) is 0 Å². The highest BCUT2D eigenvalue weighted by Gasteiger charge is 2.32. The maximum Gasteiger partial charge on any atom is 0.323 e. The lowest BCUT2D eigenvalue weighted by molar-refractivity contribution is -0.144. The molecule has 1 unspecified atom stereocenters. The summed E-state index contributed by atoms with van der Waals surface area (Å²) in [7, 11) is 0. The molecule has 0 bridgehead atoms. The van der Waals surface area contributed by atoms with Crippen molar-refractivity contribution in [2.75, 3.05) is 26.2 Å². The van der Waals surface area contributed by atoms with Crippen molar-refractivity contribution >= 4 is 5.97 Å². The highest BCUT2D eigenvalue weighted by molar-refractivity contribution is 5.78. The third-order valence-corrected chi connectivity index (χ3v) is 4.01. The van der Waals surface area contributed by atoms with Crippen molar-refractivity contribution in [3.05, 3.63) is 0 Å². The molecular weight excluding hydrogens is 264 g/mol. The average Bonchev–Trinajstić information content (AvgIpc) is 2.37. The first-order valence-electron chi connectivity index (χ1n) is 8.42. The second kappa shape index (κ2) is 10.2. The predicted molar refractivity (Wildman–Crippen MR) is 89.7 cm³/mol. The van der Waals surface area contributed by atoms with Crippen LogP contribution in [0.25, 0.3) is 0 Å². The first kappa shape index (κ1) is 20.4. The molecule has 2 N–H and O–H groups in total. The SMILES string of the molecule is CCNC(C)(CCN(CCC(C)C)CCC(C)C)C(=O)O. The van der Waals surface area contributed by atoms with Crippen molar-refractivity contribution < 1.29 is 9.90 Å². The average molecular weight is 300 g/mol. The number of hydrogen-bond donors (Lipinski definition) is 2. The van der Waals surface area contributed by atoms with Crippen LogP contribution in [0.2, 0.25) is 0 Å². The van der Waals surface area contributed by atoms with Gasteiger partial charge in [-0.3, -0.25) is 4.79 Å². The topological polar surface area (TPSA) is 52.6 Å². The van der Waals surface area contributed by atoms with Gasteiger partial charge in [-0.2, -0.15) is 0 Å². The molecule has 1 atom stereocenters. The van der Waals surface area contributed by atoms with Gasteiger partial charge >= 0.3 is 5.97 Å². The van der Waals surface area contributed by atoms with Gasteiger partial charge in [0.25, 0.3) is 0 Å². The lowest BCUT2D eigenvalue weighted by Gasteiger charge is -2.30. The Kier molecular flexibility index (Phi) is 9.88. The minimum Gasteiger partial charge on any atom is -0.480 e. The van der Waals surface area contributed by atoms with E-state index in [-0.39, 0.29) is 0 Å². The van der Waals surface area contributed by atoms with Gasteiger partial charge in [0.1, 0.15) is 5.54 Å². The first-order chi connectivity index (χ1) is 9.71. The van der Waals surface area contributed by atoms with Crippen LogP contribution < -0.4 is 5.32 Å². The fraction of sp³-hybridized carbons (Fsp3) is 0.941. The van der Waals surface area contributed by atoms with Crippen molar-refractivity contribution in [3.63, 3.8) is 0 Å². The van der Waals surface area contributed by atoms with Crippen LogP contribution in [0.1, 0.15) is 60.8 Å². The molecule has 0 rings (SSSR count). The molecule has 0 amide bonds. The molecule has 0 aliphatic carbocycles. The molecule has 0 aromatic carbocycles. The number of carboxylic acids is 1. The molecule has 0 spiro atoms. The molecule has 4 nitrogen and oxygen atoms in total. The number of rotatable bonds is 12. The molecule has 0 saturated carbocycles. The summed E-state index contributed by atoms with van der Waals surface area (Å²) in [5, 5.41) is 12.5. The normalized spacial score (nSPS) is 14.9. The summed E-state index contributed by atoms with van der Waals surface area (Å²) in [4.78, 5) is 13.9. The molecule has 0 radical (unpaired) electrons. The van der Waals surface area contributed by atoms with E-state index >= 15 is 0 Å². The van der Waals surface area contributed by atoms with E-state index in [0.717, 1.165) is 19.6 Å². The summed E-state index contributed by atoms with van der Waals surface area (Å²) in [5.74, 6) is 0.620. The zero-order valence-corrected chi connectivity index (χ0v) is 14.9. The maximum atomic E-state index is 11.5. The quantitative estimate of drug-likeness (QED) is 0.581. The number of nitrogens with one attached hydrogen (secondary N) is 1. The van der Waals surface area contributed by atoms with Crippen molar-refractivity contribution in [1.29, 1.82) is 0 Å². The Balaban J connectivity index is 4.51. The summed E-state index contributed by atoms with van der Waals surface area (Å²) in [5.41, 5.74) is -0.817. The van der Waals surface area contributed by atoms with Crippen LogP contribution in [0.3, 0.4) is 0 Å². The Morgan fingerprint density at radius 1 is 1.10 bits per heavy atom. The summed E-state index contributed by atoms with van der Waals surface area (Å²) >= 11 is 0. The van der Waals surface area contributed by atoms with Gasteiger partial charge in [0.2, 0.25) is 0 Å². The Hall–Kier alpha value is -0.610. The van der Waals surface area contributed by atoms with Gasteiger partial charge in [0, 0.05) is 6.54 Å². The van der Waals surface area contributed by atoms with Crippen LogP contribution in [-0.4, -0.2) is 47.7 Å². The van der Waals surface area contributed by atoms with E-state index in [1.165, 1.54) is 12.8 Å². The molecule has 0 aliphatic rings. The van der Waals surface area contributed by atoms with Crippen molar-refractivity contribution in [2.24, 2.45) is 11.8 Å². The van der Waals surface area contributed by atoms with Gasteiger partial charge in [0.15, 0.2) is 0 Å². The molecule has 4 heteroatoms.